The van der Waals surface area contributed by atoms with Crippen molar-refractivity contribution in [1.29, 1.82) is 0 Å². The minimum absolute atomic E-state index is 0.210. The molecule has 0 atom stereocenters. The summed E-state index contributed by atoms with van der Waals surface area (Å²) in [5.41, 5.74) is 0.711. The van der Waals surface area contributed by atoms with E-state index in [1.165, 1.54) is 4.57 Å². The van der Waals surface area contributed by atoms with Gasteiger partial charge in [-0.3, -0.25) is 14.2 Å². The molecule has 1 amide bonds. The van der Waals surface area contributed by atoms with E-state index in [0.717, 1.165) is 11.3 Å². The average molecular weight is 204 g/mol. The summed E-state index contributed by atoms with van der Waals surface area (Å²) < 4.78 is 1.18. The fraction of sp³-hybridized carbons (Fsp3) is 0.286. The van der Waals surface area contributed by atoms with Crippen molar-refractivity contribution in [2.24, 2.45) is 4.99 Å². The Morgan fingerprint density at radius 2 is 2.21 bits per heavy atom. The van der Waals surface area contributed by atoms with Gasteiger partial charge in [-0.1, -0.05) is 6.92 Å². The number of aryl methyl sites for hydroxylation is 1. The van der Waals surface area contributed by atoms with Crippen molar-refractivity contribution in [3.8, 4) is 0 Å². The lowest BCUT2D eigenvalue weighted by atomic mass is 10.1. The Hall–Kier alpha value is -1.10. The Balaban J connectivity index is 3.39. The van der Waals surface area contributed by atoms with E-state index in [4.69, 9.17) is 15.7 Å². The van der Waals surface area contributed by atoms with Gasteiger partial charge in [0.15, 0.2) is 16.4 Å². The molecule has 0 unspecified atom stereocenters. The first kappa shape index (κ1) is 11.0. The number of nitrogens with zero attached hydrogens (tertiary/aromatic N) is 2. The molecule has 4 nitrogen and oxygen atoms in total. The molecular formula is C7H6B2N2O2S. The number of hydrogen-bond donors (Lipinski definition) is 0. The Bertz CT molecular complexity index is 435. The van der Waals surface area contributed by atoms with Gasteiger partial charge in [0.1, 0.15) is 0 Å². The summed E-state index contributed by atoms with van der Waals surface area (Å²) >= 11 is 1.15. The van der Waals surface area contributed by atoms with Crippen LogP contribution in [-0.2, 0) is 6.42 Å². The van der Waals surface area contributed by atoms with Crippen LogP contribution in [0.25, 0.3) is 0 Å². The standard InChI is InChI=1S/C7H6B2N2O2S/c1-2-4-3-14-7(10-5(8)12)11(4)6(9)13/h3H,2H2,1H3. The third kappa shape index (κ3) is 2.23. The average Bonchev–Trinajstić information content (AvgIpc) is 2.46. The number of amides is 1. The van der Waals surface area contributed by atoms with Crippen molar-refractivity contribution in [2.45, 2.75) is 13.3 Å². The van der Waals surface area contributed by atoms with E-state index in [9.17, 15) is 9.59 Å². The van der Waals surface area contributed by atoms with Crippen LogP contribution in [-0.4, -0.2) is 31.9 Å². The van der Waals surface area contributed by atoms with E-state index in [-0.39, 0.29) is 4.80 Å². The molecule has 1 rings (SSSR count). The number of carbonyl (C=O) groups is 2. The van der Waals surface area contributed by atoms with Gasteiger partial charge < -0.3 is 0 Å². The highest BCUT2D eigenvalue weighted by Gasteiger charge is 2.07. The van der Waals surface area contributed by atoms with Crippen LogP contribution >= 0.6 is 11.3 Å². The van der Waals surface area contributed by atoms with E-state index in [0.29, 0.717) is 12.1 Å². The number of rotatable bonds is 1. The van der Waals surface area contributed by atoms with Crippen molar-refractivity contribution < 1.29 is 9.59 Å². The van der Waals surface area contributed by atoms with Crippen molar-refractivity contribution in [1.82, 2.24) is 4.57 Å². The second kappa shape index (κ2) is 4.41. The molecule has 0 fully saturated rings. The molecule has 0 aliphatic rings. The molecule has 14 heavy (non-hydrogen) atoms. The Labute approximate surface area is 87.5 Å². The van der Waals surface area contributed by atoms with Gasteiger partial charge >= 0.3 is 0 Å². The van der Waals surface area contributed by atoms with Crippen molar-refractivity contribution in [3.05, 3.63) is 15.9 Å². The van der Waals surface area contributed by atoms with Crippen LogP contribution in [0.1, 0.15) is 12.6 Å². The van der Waals surface area contributed by atoms with Crippen LogP contribution in [0, 0.1) is 0 Å². The second-order valence-corrected chi connectivity index (χ2v) is 3.32. The molecule has 0 aliphatic heterocycles. The van der Waals surface area contributed by atoms with Gasteiger partial charge in [0.05, 0.1) is 0 Å². The van der Waals surface area contributed by atoms with Gasteiger partial charge in [0, 0.05) is 11.1 Å². The first-order valence-corrected chi connectivity index (χ1v) is 4.77. The topological polar surface area (TPSA) is 51.4 Å². The monoisotopic (exact) mass is 204 g/mol. The number of thiazole rings is 1. The lowest BCUT2D eigenvalue weighted by Crippen LogP contribution is -2.25. The van der Waals surface area contributed by atoms with E-state index >= 15 is 0 Å². The highest BCUT2D eigenvalue weighted by molar-refractivity contribution is 7.07. The van der Waals surface area contributed by atoms with Gasteiger partial charge in [-0.2, -0.15) is 4.99 Å². The van der Waals surface area contributed by atoms with Crippen LogP contribution < -0.4 is 4.80 Å². The minimum Gasteiger partial charge on any atom is -0.288 e. The highest BCUT2D eigenvalue weighted by atomic mass is 32.1. The summed E-state index contributed by atoms with van der Waals surface area (Å²) in [5, 5.41) is 1.71. The maximum Gasteiger partial charge on any atom is 0.203 e. The molecule has 0 saturated heterocycles. The van der Waals surface area contributed by atoms with E-state index < -0.39 is 11.6 Å². The van der Waals surface area contributed by atoms with Crippen LogP contribution in [0.5, 0.6) is 0 Å². The van der Waals surface area contributed by atoms with Crippen LogP contribution in [0.15, 0.2) is 10.4 Å². The van der Waals surface area contributed by atoms with Crippen molar-refractivity contribution in [3.63, 3.8) is 0 Å². The van der Waals surface area contributed by atoms with E-state index in [1.54, 1.807) is 5.38 Å². The normalized spacial score (nSPS) is 11.6. The van der Waals surface area contributed by atoms with E-state index in [1.807, 2.05) is 6.92 Å². The second-order valence-electron chi connectivity index (χ2n) is 2.49. The summed E-state index contributed by atoms with van der Waals surface area (Å²) in [4.78, 5) is 25.2. The maximum atomic E-state index is 11.0. The quantitative estimate of drug-likeness (QED) is 0.623. The number of aromatic nitrogens is 1. The molecule has 68 valence electrons. The summed E-state index contributed by atoms with van der Waals surface area (Å²) in [6.07, 6.45) is 0.633. The molecule has 1 heterocycles. The molecule has 7 heteroatoms. The zero-order valence-electron chi connectivity index (χ0n) is 7.56. The molecule has 1 aromatic heterocycles. The largest absolute Gasteiger partial charge is 0.288 e. The van der Waals surface area contributed by atoms with E-state index in [2.05, 4.69) is 4.99 Å². The molecule has 0 aromatic carbocycles. The summed E-state index contributed by atoms with van der Waals surface area (Å²) in [7, 11) is 10.0. The fourth-order valence-electron chi connectivity index (χ4n) is 0.997. The van der Waals surface area contributed by atoms with Crippen LogP contribution in [0.3, 0.4) is 0 Å². The lowest BCUT2D eigenvalue weighted by molar-refractivity contribution is 0.259. The maximum absolute atomic E-state index is 11.0. The lowest BCUT2D eigenvalue weighted by Gasteiger charge is -2.00. The van der Waals surface area contributed by atoms with Crippen LogP contribution in [0.2, 0.25) is 0 Å². The SMILES string of the molecule is [B]C(=O)N=c1scc(CC)n1C([B])=O. The first-order chi connectivity index (χ1) is 6.56. The zero-order chi connectivity index (χ0) is 10.7. The van der Waals surface area contributed by atoms with Gasteiger partial charge in [-0.05, 0) is 6.42 Å². The van der Waals surface area contributed by atoms with Gasteiger partial charge in [0.2, 0.25) is 15.7 Å². The Morgan fingerprint density at radius 1 is 1.57 bits per heavy atom. The zero-order valence-corrected chi connectivity index (χ0v) is 8.37. The Morgan fingerprint density at radius 3 is 2.64 bits per heavy atom. The van der Waals surface area contributed by atoms with Gasteiger partial charge in [0.25, 0.3) is 0 Å². The predicted octanol–water partition coefficient (Wildman–Crippen LogP) is 0.438. The Kier molecular flexibility index (Phi) is 3.46. The van der Waals surface area contributed by atoms with Crippen molar-refractivity contribution >= 4 is 38.6 Å². The number of carbonyl (C=O) groups excluding carboxylic acids is 2. The first-order valence-electron chi connectivity index (χ1n) is 3.89. The third-order valence-electron chi connectivity index (χ3n) is 1.57. The molecule has 4 radical (unpaired) electrons. The van der Waals surface area contributed by atoms with Crippen molar-refractivity contribution in [2.75, 3.05) is 0 Å². The molecule has 0 aliphatic carbocycles. The highest BCUT2D eigenvalue weighted by Crippen LogP contribution is 2.02. The molecule has 0 N–H and O–H groups in total. The van der Waals surface area contributed by atoms with Crippen LogP contribution in [0.4, 0.5) is 9.59 Å². The molecule has 0 spiro atoms. The molecular weight excluding hydrogens is 198 g/mol. The minimum atomic E-state index is -0.843. The summed E-state index contributed by atoms with van der Waals surface area (Å²) in [6, 6.07) is 0. The molecule has 1 aromatic rings. The molecule has 0 bridgehead atoms. The summed E-state index contributed by atoms with van der Waals surface area (Å²) in [6.45, 7) is 1.87. The third-order valence-corrected chi connectivity index (χ3v) is 2.44. The predicted molar refractivity (Wildman–Crippen MR) is 54.9 cm³/mol. The molecule has 0 saturated carbocycles. The fourth-order valence-corrected chi connectivity index (χ4v) is 1.97. The van der Waals surface area contributed by atoms with Gasteiger partial charge in [-0.25, -0.2) is 0 Å². The summed E-state index contributed by atoms with van der Waals surface area (Å²) in [5.74, 6) is -1.51. The number of hydrogen-bond acceptors (Lipinski definition) is 3. The smallest absolute Gasteiger partial charge is 0.203 e. The van der Waals surface area contributed by atoms with Gasteiger partial charge in [-0.15, -0.1) is 11.3 Å².